The Kier molecular flexibility index (Phi) is 9.24. The Hall–Kier alpha value is -2.73. The molecule has 0 saturated carbocycles. The Morgan fingerprint density at radius 3 is 2.50 bits per heavy atom. The fraction of sp³-hybridized carbons (Fsp3) is 0.481. The standard InChI is InChI=1S/C27H36N4O5S2/c1-5-29(6-2)18-19-30(27-28-25-23(36-7-3)11-8-12-24(25)37-27)26(32)22-10-9-17-31(22)38(33,34)21-15-13-20(35-4)14-16-21/h8,11-16,22H,5-7,9-10,17-19H2,1-4H3. The topological polar surface area (TPSA) is 92.3 Å². The molecule has 1 aliphatic heterocycles. The van der Waals surface area contributed by atoms with Crippen LogP contribution in [0.15, 0.2) is 47.4 Å². The first-order chi connectivity index (χ1) is 18.3. The molecule has 0 bridgehead atoms. The van der Waals surface area contributed by atoms with Gasteiger partial charge in [-0.2, -0.15) is 4.31 Å². The molecule has 3 aromatic rings. The van der Waals surface area contributed by atoms with Crippen LogP contribution in [0.4, 0.5) is 5.13 Å². The lowest BCUT2D eigenvalue weighted by atomic mass is 10.2. The van der Waals surface area contributed by atoms with Gasteiger partial charge in [0.1, 0.15) is 23.1 Å². The van der Waals surface area contributed by atoms with Crippen LogP contribution < -0.4 is 14.4 Å². The van der Waals surface area contributed by atoms with Crippen molar-refractivity contribution in [2.45, 2.75) is 44.6 Å². The molecule has 4 rings (SSSR count). The number of benzene rings is 2. The van der Waals surface area contributed by atoms with Crippen LogP contribution in [-0.2, 0) is 14.8 Å². The zero-order valence-corrected chi connectivity index (χ0v) is 24.1. The van der Waals surface area contributed by atoms with Gasteiger partial charge in [-0.15, -0.1) is 0 Å². The molecule has 1 saturated heterocycles. The fourth-order valence-electron chi connectivity index (χ4n) is 4.72. The van der Waals surface area contributed by atoms with Crippen LogP contribution in [0.25, 0.3) is 10.2 Å². The van der Waals surface area contributed by atoms with Crippen molar-refractivity contribution in [3.8, 4) is 11.5 Å². The maximum Gasteiger partial charge on any atom is 0.247 e. The third-order valence-electron chi connectivity index (χ3n) is 6.86. The first-order valence-corrected chi connectivity index (χ1v) is 15.3. The van der Waals surface area contributed by atoms with E-state index in [1.165, 1.54) is 34.9 Å². The van der Waals surface area contributed by atoms with E-state index in [4.69, 9.17) is 14.5 Å². The van der Waals surface area contributed by atoms with Crippen LogP contribution in [-0.4, -0.2) is 81.0 Å². The van der Waals surface area contributed by atoms with Gasteiger partial charge in [0, 0.05) is 19.6 Å². The maximum absolute atomic E-state index is 14.1. The highest BCUT2D eigenvalue weighted by atomic mass is 32.2. The smallest absolute Gasteiger partial charge is 0.247 e. The minimum absolute atomic E-state index is 0.147. The molecule has 0 spiro atoms. The number of carbonyl (C=O) groups is 1. The van der Waals surface area contributed by atoms with E-state index in [-0.39, 0.29) is 10.8 Å². The first-order valence-electron chi connectivity index (χ1n) is 13.1. The number of sulfonamides is 1. The van der Waals surface area contributed by atoms with Crippen LogP contribution in [0.1, 0.15) is 33.6 Å². The minimum atomic E-state index is -3.87. The Morgan fingerprint density at radius 1 is 1.11 bits per heavy atom. The number of ether oxygens (including phenoxy) is 2. The van der Waals surface area contributed by atoms with E-state index < -0.39 is 16.1 Å². The number of carbonyl (C=O) groups excluding carboxylic acids is 1. The Balaban J connectivity index is 1.68. The minimum Gasteiger partial charge on any atom is -0.497 e. The van der Waals surface area contributed by atoms with Crippen molar-refractivity contribution >= 4 is 42.6 Å². The summed E-state index contributed by atoms with van der Waals surface area (Å²) in [6.45, 7) is 9.68. The highest BCUT2D eigenvalue weighted by Gasteiger charge is 2.42. The fourth-order valence-corrected chi connectivity index (χ4v) is 7.38. The van der Waals surface area contributed by atoms with Crippen LogP contribution in [0.3, 0.4) is 0 Å². The third-order valence-corrected chi connectivity index (χ3v) is 9.82. The zero-order valence-electron chi connectivity index (χ0n) is 22.4. The summed E-state index contributed by atoms with van der Waals surface area (Å²) in [5.41, 5.74) is 0.712. The van der Waals surface area contributed by atoms with E-state index in [2.05, 4.69) is 18.7 Å². The molecular weight excluding hydrogens is 524 g/mol. The number of thiazole rings is 1. The average Bonchev–Trinajstić information content (AvgIpc) is 3.60. The van der Waals surface area contributed by atoms with Crippen molar-refractivity contribution in [2.75, 3.05) is 51.3 Å². The molecule has 1 unspecified atom stereocenters. The van der Waals surface area contributed by atoms with Crippen LogP contribution in [0.2, 0.25) is 0 Å². The van der Waals surface area contributed by atoms with Crippen molar-refractivity contribution in [3.05, 3.63) is 42.5 Å². The molecule has 0 N–H and O–H groups in total. The number of para-hydroxylation sites is 1. The van der Waals surface area contributed by atoms with Crippen molar-refractivity contribution in [1.29, 1.82) is 0 Å². The molecule has 0 aliphatic carbocycles. The van der Waals surface area contributed by atoms with Gasteiger partial charge in [-0.3, -0.25) is 9.69 Å². The van der Waals surface area contributed by atoms with E-state index in [1.54, 1.807) is 17.0 Å². The molecule has 11 heteroatoms. The lowest BCUT2D eigenvalue weighted by Gasteiger charge is -2.30. The van der Waals surface area contributed by atoms with Gasteiger partial charge in [-0.25, -0.2) is 13.4 Å². The third kappa shape index (κ3) is 5.80. The summed E-state index contributed by atoms with van der Waals surface area (Å²) in [5, 5.41) is 0.554. The molecule has 1 fully saturated rings. The molecular formula is C27H36N4O5S2. The normalized spacial score (nSPS) is 16.3. The monoisotopic (exact) mass is 560 g/mol. The van der Waals surface area contributed by atoms with Gasteiger partial charge in [0.25, 0.3) is 0 Å². The number of likely N-dealkylation sites (N-methyl/N-ethyl adjacent to an activating group) is 1. The lowest BCUT2D eigenvalue weighted by Crippen LogP contribution is -2.49. The van der Waals surface area contributed by atoms with Crippen molar-refractivity contribution in [2.24, 2.45) is 0 Å². The van der Waals surface area contributed by atoms with Crippen LogP contribution >= 0.6 is 11.3 Å². The Bertz CT molecular complexity index is 1340. The van der Waals surface area contributed by atoms with Crippen molar-refractivity contribution < 1.29 is 22.7 Å². The lowest BCUT2D eigenvalue weighted by molar-refractivity contribution is -0.121. The Labute approximate surface area is 229 Å². The summed E-state index contributed by atoms with van der Waals surface area (Å²) < 4.78 is 40.4. The van der Waals surface area contributed by atoms with Gasteiger partial charge in [0.2, 0.25) is 15.9 Å². The molecule has 2 heterocycles. The predicted octanol–water partition coefficient (Wildman–Crippen LogP) is 4.23. The second kappa shape index (κ2) is 12.4. The molecule has 0 radical (unpaired) electrons. The molecule has 38 heavy (non-hydrogen) atoms. The molecule has 1 amide bonds. The molecule has 206 valence electrons. The van der Waals surface area contributed by atoms with Gasteiger partial charge in [0.15, 0.2) is 5.13 Å². The molecule has 1 aromatic heterocycles. The van der Waals surface area contributed by atoms with E-state index in [0.717, 1.165) is 17.8 Å². The van der Waals surface area contributed by atoms with Crippen molar-refractivity contribution in [3.63, 3.8) is 0 Å². The highest BCUT2D eigenvalue weighted by Crippen LogP contribution is 2.36. The van der Waals surface area contributed by atoms with Gasteiger partial charge in [0.05, 0.1) is 23.3 Å². The number of hydrogen-bond acceptors (Lipinski definition) is 8. The zero-order chi connectivity index (χ0) is 27.3. The summed E-state index contributed by atoms with van der Waals surface area (Å²) in [7, 11) is -2.34. The number of fused-ring (bicyclic) bond motifs is 1. The largest absolute Gasteiger partial charge is 0.497 e. The van der Waals surface area contributed by atoms with E-state index in [0.29, 0.717) is 61.2 Å². The molecule has 1 aliphatic rings. The van der Waals surface area contributed by atoms with Crippen LogP contribution in [0, 0.1) is 0 Å². The van der Waals surface area contributed by atoms with E-state index in [1.807, 2.05) is 25.1 Å². The number of amides is 1. The Morgan fingerprint density at radius 2 is 1.84 bits per heavy atom. The number of methoxy groups -OCH3 is 1. The summed E-state index contributed by atoms with van der Waals surface area (Å²) in [4.78, 5) is 23.0. The second-order valence-electron chi connectivity index (χ2n) is 9.00. The van der Waals surface area contributed by atoms with Crippen LogP contribution in [0.5, 0.6) is 11.5 Å². The maximum atomic E-state index is 14.1. The summed E-state index contributed by atoms with van der Waals surface area (Å²) >= 11 is 1.42. The predicted molar refractivity (Wildman–Crippen MR) is 151 cm³/mol. The van der Waals surface area contributed by atoms with Gasteiger partial charge < -0.3 is 14.4 Å². The van der Waals surface area contributed by atoms with E-state index >= 15 is 0 Å². The summed E-state index contributed by atoms with van der Waals surface area (Å²) in [6.07, 6.45) is 1.08. The van der Waals surface area contributed by atoms with Gasteiger partial charge in [-0.1, -0.05) is 31.3 Å². The number of aromatic nitrogens is 1. The molecule has 1 atom stereocenters. The first kappa shape index (κ1) is 28.3. The number of anilines is 1. The number of hydrogen-bond donors (Lipinski definition) is 0. The average molecular weight is 561 g/mol. The van der Waals surface area contributed by atoms with Gasteiger partial charge >= 0.3 is 0 Å². The summed E-state index contributed by atoms with van der Waals surface area (Å²) in [5.74, 6) is 1.000. The number of nitrogens with zero attached hydrogens (tertiary/aromatic N) is 4. The van der Waals surface area contributed by atoms with Gasteiger partial charge in [-0.05, 0) is 69.3 Å². The SMILES string of the molecule is CCOc1cccc2sc(N(CCN(CC)CC)C(=O)C3CCCN3S(=O)(=O)c3ccc(OC)cc3)nc12. The van der Waals surface area contributed by atoms with E-state index in [9.17, 15) is 13.2 Å². The highest BCUT2D eigenvalue weighted by molar-refractivity contribution is 7.89. The summed E-state index contributed by atoms with van der Waals surface area (Å²) in [6, 6.07) is 11.2. The quantitative estimate of drug-likeness (QED) is 0.327. The molecule has 2 aromatic carbocycles. The number of rotatable bonds is 12. The second-order valence-corrected chi connectivity index (χ2v) is 11.9. The molecule has 9 nitrogen and oxygen atoms in total. The van der Waals surface area contributed by atoms with Crippen molar-refractivity contribution in [1.82, 2.24) is 14.2 Å².